The molecule has 0 spiro atoms. The molecule has 0 saturated heterocycles. The number of benzene rings is 1. The molecule has 0 aliphatic rings. The van der Waals surface area contributed by atoms with Crippen LogP contribution in [0.5, 0.6) is 0 Å². The van der Waals surface area contributed by atoms with Gasteiger partial charge in [0.1, 0.15) is 0 Å². The van der Waals surface area contributed by atoms with Crippen molar-refractivity contribution in [3.8, 4) is 0 Å². The van der Waals surface area contributed by atoms with E-state index in [1.807, 2.05) is 13.0 Å². The highest BCUT2D eigenvalue weighted by atomic mass is 35.5. The lowest BCUT2D eigenvalue weighted by molar-refractivity contribution is -0.140. The summed E-state index contributed by atoms with van der Waals surface area (Å²) >= 11 is 5.95. The van der Waals surface area contributed by atoms with E-state index in [2.05, 4.69) is 4.74 Å². The molecule has 0 N–H and O–H groups in total. The van der Waals surface area contributed by atoms with E-state index in [1.54, 1.807) is 12.1 Å². The van der Waals surface area contributed by atoms with Crippen LogP contribution >= 0.6 is 11.6 Å². The lowest BCUT2D eigenvalue weighted by atomic mass is 10.0. The van der Waals surface area contributed by atoms with Crippen molar-refractivity contribution in [1.82, 2.24) is 0 Å². The summed E-state index contributed by atoms with van der Waals surface area (Å²) in [5.41, 5.74) is 1.52. The minimum atomic E-state index is -0.298. The van der Waals surface area contributed by atoms with Gasteiger partial charge in [0.2, 0.25) is 0 Å². The summed E-state index contributed by atoms with van der Waals surface area (Å²) in [5.74, 6) is -0.337. The van der Waals surface area contributed by atoms with Gasteiger partial charge < -0.3 is 4.74 Å². The van der Waals surface area contributed by atoms with Gasteiger partial charge in [-0.25, -0.2) is 0 Å². The highest BCUT2D eigenvalue weighted by Gasteiger charge is 2.11. The van der Waals surface area contributed by atoms with Crippen LogP contribution in [0.2, 0.25) is 5.02 Å². The molecular weight excluding hydrogens is 240 g/mol. The molecule has 4 heteroatoms. The van der Waals surface area contributed by atoms with Gasteiger partial charge in [0, 0.05) is 18.4 Å². The van der Waals surface area contributed by atoms with Gasteiger partial charge in [-0.05, 0) is 25.5 Å². The number of Topliss-reactive ketones (excluding diaryl/α,β-unsaturated/α-hetero) is 1. The maximum atomic E-state index is 11.9. The zero-order chi connectivity index (χ0) is 12.8. The number of methoxy groups -OCH3 is 1. The predicted octanol–water partition coefficient (Wildman–Crippen LogP) is 3.17. The topological polar surface area (TPSA) is 43.4 Å². The molecule has 3 nitrogen and oxygen atoms in total. The van der Waals surface area contributed by atoms with Crippen molar-refractivity contribution in [2.24, 2.45) is 0 Å². The van der Waals surface area contributed by atoms with Crippen LogP contribution in [0.4, 0.5) is 0 Å². The van der Waals surface area contributed by atoms with E-state index in [9.17, 15) is 9.59 Å². The van der Waals surface area contributed by atoms with Crippen LogP contribution in [0.15, 0.2) is 18.2 Å². The van der Waals surface area contributed by atoms with E-state index in [0.29, 0.717) is 23.4 Å². The van der Waals surface area contributed by atoms with Crippen LogP contribution in [-0.2, 0) is 9.53 Å². The number of hydrogen-bond acceptors (Lipinski definition) is 3. The molecular formula is C13H15ClO3. The van der Waals surface area contributed by atoms with Crippen LogP contribution in [0.3, 0.4) is 0 Å². The van der Waals surface area contributed by atoms with Gasteiger partial charge in [-0.3, -0.25) is 9.59 Å². The summed E-state index contributed by atoms with van der Waals surface area (Å²) in [6.45, 7) is 1.90. The Hall–Kier alpha value is -1.35. The second-order valence-corrected chi connectivity index (χ2v) is 4.24. The van der Waals surface area contributed by atoms with Crippen molar-refractivity contribution in [3.63, 3.8) is 0 Å². The van der Waals surface area contributed by atoms with E-state index >= 15 is 0 Å². The maximum absolute atomic E-state index is 11.9. The number of rotatable bonds is 5. The molecule has 17 heavy (non-hydrogen) atoms. The van der Waals surface area contributed by atoms with Crippen molar-refractivity contribution in [3.05, 3.63) is 34.3 Å². The second-order valence-electron chi connectivity index (χ2n) is 3.84. The summed E-state index contributed by atoms with van der Waals surface area (Å²) in [4.78, 5) is 22.7. The first-order valence-electron chi connectivity index (χ1n) is 5.40. The number of esters is 1. The van der Waals surface area contributed by atoms with E-state index in [4.69, 9.17) is 11.6 Å². The highest BCUT2D eigenvalue weighted by Crippen LogP contribution is 2.19. The molecule has 0 aliphatic heterocycles. The largest absolute Gasteiger partial charge is 0.469 e. The number of ketones is 1. The Labute approximate surface area is 106 Å². The molecule has 0 aromatic heterocycles. The summed E-state index contributed by atoms with van der Waals surface area (Å²) < 4.78 is 4.50. The van der Waals surface area contributed by atoms with Gasteiger partial charge in [-0.1, -0.05) is 23.2 Å². The summed E-state index contributed by atoms with van der Waals surface area (Å²) in [6, 6.07) is 5.33. The molecule has 0 bridgehead atoms. The minimum Gasteiger partial charge on any atom is -0.469 e. The molecule has 0 atom stereocenters. The zero-order valence-electron chi connectivity index (χ0n) is 9.96. The molecule has 1 rings (SSSR count). The van der Waals surface area contributed by atoms with E-state index in [-0.39, 0.29) is 18.2 Å². The predicted molar refractivity (Wildman–Crippen MR) is 66.4 cm³/mol. The fourth-order valence-electron chi connectivity index (χ4n) is 1.48. The smallest absolute Gasteiger partial charge is 0.305 e. The third-order valence-corrected chi connectivity index (χ3v) is 2.76. The van der Waals surface area contributed by atoms with Crippen LogP contribution in [0.1, 0.15) is 35.2 Å². The highest BCUT2D eigenvalue weighted by molar-refractivity contribution is 6.34. The maximum Gasteiger partial charge on any atom is 0.305 e. The van der Waals surface area contributed by atoms with Gasteiger partial charge in [-0.2, -0.15) is 0 Å². The molecule has 0 saturated carbocycles. The number of carbonyl (C=O) groups is 2. The Bertz CT molecular complexity index is 427. The van der Waals surface area contributed by atoms with Crippen molar-refractivity contribution in [2.75, 3.05) is 7.11 Å². The first-order chi connectivity index (χ1) is 8.04. The van der Waals surface area contributed by atoms with E-state index in [0.717, 1.165) is 5.56 Å². The monoisotopic (exact) mass is 254 g/mol. The van der Waals surface area contributed by atoms with Gasteiger partial charge in [0.05, 0.1) is 12.1 Å². The second kappa shape index (κ2) is 6.40. The fraction of sp³-hybridized carbons (Fsp3) is 0.385. The fourth-order valence-corrected chi connectivity index (χ4v) is 1.71. The summed E-state index contributed by atoms with van der Waals surface area (Å²) in [5, 5.41) is 0.457. The van der Waals surface area contributed by atoms with Gasteiger partial charge in [0.15, 0.2) is 5.78 Å². The van der Waals surface area contributed by atoms with Crippen molar-refractivity contribution in [1.29, 1.82) is 0 Å². The SMILES string of the molecule is COC(=O)CCCC(=O)c1cc(C)ccc1Cl. The number of halogens is 1. The van der Waals surface area contributed by atoms with Crippen molar-refractivity contribution >= 4 is 23.4 Å². The number of carbonyl (C=O) groups excluding carboxylic acids is 2. The van der Waals surface area contributed by atoms with E-state index < -0.39 is 0 Å². The number of hydrogen-bond donors (Lipinski definition) is 0. The Morgan fingerprint density at radius 3 is 2.65 bits per heavy atom. The van der Waals surface area contributed by atoms with E-state index in [1.165, 1.54) is 7.11 Å². The molecule has 0 unspecified atom stereocenters. The Balaban J connectivity index is 2.58. The lowest BCUT2D eigenvalue weighted by Crippen LogP contribution is -2.04. The quantitative estimate of drug-likeness (QED) is 0.599. The standard InChI is InChI=1S/C13H15ClO3/c1-9-6-7-11(14)10(8-9)12(15)4-3-5-13(16)17-2/h6-8H,3-5H2,1-2H3. The molecule has 0 radical (unpaired) electrons. The van der Waals surface area contributed by atoms with Crippen LogP contribution < -0.4 is 0 Å². The average Bonchev–Trinajstić information content (AvgIpc) is 2.31. The molecule has 0 heterocycles. The zero-order valence-corrected chi connectivity index (χ0v) is 10.7. The summed E-state index contributed by atoms with van der Waals surface area (Å²) in [6.07, 6.45) is 1.04. The van der Waals surface area contributed by atoms with Gasteiger partial charge in [-0.15, -0.1) is 0 Å². The van der Waals surface area contributed by atoms with Crippen LogP contribution in [0, 0.1) is 6.92 Å². The first kappa shape index (κ1) is 13.7. The first-order valence-corrected chi connectivity index (χ1v) is 5.78. The Morgan fingerprint density at radius 1 is 1.29 bits per heavy atom. The Kier molecular flexibility index (Phi) is 5.16. The Morgan fingerprint density at radius 2 is 2.00 bits per heavy atom. The van der Waals surface area contributed by atoms with Gasteiger partial charge >= 0.3 is 5.97 Å². The number of aryl methyl sites for hydroxylation is 1. The lowest BCUT2D eigenvalue weighted by Gasteiger charge is -2.04. The normalized spacial score (nSPS) is 10.1. The molecule has 0 aliphatic carbocycles. The molecule has 92 valence electrons. The molecule has 0 amide bonds. The van der Waals surface area contributed by atoms with Crippen LogP contribution in [0.25, 0.3) is 0 Å². The van der Waals surface area contributed by atoms with Gasteiger partial charge in [0.25, 0.3) is 0 Å². The third kappa shape index (κ3) is 4.19. The van der Waals surface area contributed by atoms with Crippen molar-refractivity contribution < 1.29 is 14.3 Å². The van der Waals surface area contributed by atoms with Crippen LogP contribution in [-0.4, -0.2) is 18.9 Å². The van der Waals surface area contributed by atoms with Crippen molar-refractivity contribution in [2.45, 2.75) is 26.2 Å². The number of ether oxygens (including phenoxy) is 1. The molecule has 1 aromatic carbocycles. The average molecular weight is 255 g/mol. The molecule has 0 fully saturated rings. The molecule has 1 aromatic rings. The third-order valence-electron chi connectivity index (χ3n) is 2.43. The minimum absolute atomic E-state index is 0.0393. The summed E-state index contributed by atoms with van der Waals surface area (Å²) in [7, 11) is 1.33.